The van der Waals surface area contributed by atoms with Gasteiger partial charge >= 0.3 is 5.97 Å². The normalized spacial score (nSPS) is 16.9. The lowest BCUT2D eigenvalue weighted by Gasteiger charge is -2.48. The summed E-state index contributed by atoms with van der Waals surface area (Å²) in [7, 11) is 0. The summed E-state index contributed by atoms with van der Waals surface area (Å²) < 4.78 is 5.41. The minimum absolute atomic E-state index is 0.269. The average Bonchev–Trinajstić information content (AvgIpc) is 2.41. The van der Waals surface area contributed by atoms with Crippen LogP contribution in [0.1, 0.15) is 6.92 Å². The average molecular weight is 273 g/mol. The third kappa shape index (κ3) is 2.30. The van der Waals surface area contributed by atoms with Crippen LogP contribution in [0.15, 0.2) is 30.6 Å². The molecule has 1 fully saturated rings. The molecule has 1 saturated heterocycles. The van der Waals surface area contributed by atoms with E-state index in [0.29, 0.717) is 13.1 Å². The van der Waals surface area contributed by atoms with Crippen LogP contribution in [0.2, 0.25) is 0 Å². The second-order valence-electron chi connectivity index (χ2n) is 5.20. The first-order valence-corrected chi connectivity index (χ1v) is 6.38. The Labute approximate surface area is 116 Å². The summed E-state index contributed by atoms with van der Waals surface area (Å²) in [6.07, 6.45) is 1.55. The number of aromatic nitrogens is 2. The largest absolute Gasteiger partial charge is 0.480 e. The van der Waals surface area contributed by atoms with Crippen LogP contribution in [0.5, 0.6) is 0 Å². The molecule has 0 unspecified atom stereocenters. The van der Waals surface area contributed by atoms with Gasteiger partial charge in [-0.1, -0.05) is 12.1 Å². The van der Waals surface area contributed by atoms with E-state index in [2.05, 4.69) is 14.9 Å². The highest BCUT2D eigenvalue weighted by atomic mass is 16.5. The quantitative estimate of drug-likeness (QED) is 0.905. The number of anilines is 1. The van der Waals surface area contributed by atoms with Crippen molar-refractivity contribution in [2.45, 2.75) is 12.5 Å². The van der Waals surface area contributed by atoms with Crippen molar-refractivity contribution in [2.75, 3.05) is 24.6 Å². The zero-order valence-corrected chi connectivity index (χ0v) is 11.1. The molecular formula is C14H15N3O3. The van der Waals surface area contributed by atoms with E-state index in [0.717, 1.165) is 16.7 Å². The Bertz CT molecular complexity index is 648. The fourth-order valence-electron chi connectivity index (χ4n) is 2.48. The smallest absolute Gasteiger partial charge is 0.329 e. The number of aliphatic carboxylic acids is 1. The first-order valence-electron chi connectivity index (χ1n) is 6.38. The number of benzene rings is 1. The predicted molar refractivity (Wildman–Crippen MR) is 73.7 cm³/mol. The second-order valence-corrected chi connectivity index (χ2v) is 5.20. The van der Waals surface area contributed by atoms with Crippen LogP contribution < -0.4 is 4.90 Å². The lowest BCUT2D eigenvalue weighted by molar-refractivity contribution is -0.150. The van der Waals surface area contributed by atoms with E-state index < -0.39 is 11.6 Å². The van der Waals surface area contributed by atoms with Crippen molar-refractivity contribution >= 4 is 22.7 Å². The lowest BCUT2D eigenvalue weighted by Crippen LogP contribution is -2.62. The first kappa shape index (κ1) is 12.8. The maximum Gasteiger partial charge on any atom is 0.329 e. The highest BCUT2D eigenvalue weighted by Gasteiger charge is 2.41. The number of rotatable bonds is 4. The number of carboxylic acids is 1. The summed E-state index contributed by atoms with van der Waals surface area (Å²) in [6, 6.07) is 7.82. The van der Waals surface area contributed by atoms with Gasteiger partial charge in [0, 0.05) is 5.39 Å². The second kappa shape index (κ2) is 4.72. The molecule has 3 rings (SSSR count). The fourth-order valence-corrected chi connectivity index (χ4v) is 2.48. The predicted octanol–water partition coefficient (Wildman–Crippen LogP) is 1.31. The third-order valence-electron chi connectivity index (χ3n) is 3.42. The van der Waals surface area contributed by atoms with Gasteiger partial charge in [0.25, 0.3) is 0 Å². The molecule has 6 nitrogen and oxygen atoms in total. The topological polar surface area (TPSA) is 75.6 Å². The Morgan fingerprint density at radius 1 is 1.40 bits per heavy atom. The molecule has 104 valence electrons. The number of carbonyl (C=O) groups is 1. The van der Waals surface area contributed by atoms with Crippen molar-refractivity contribution in [1.29, 1.82) is 0 Å². The van der Waals surface area contributed by atoms with E-state index in [4.69, 9.17) is 9.84 Å². The number of fused-ring (bicyclic) bond motifs is 1. The first-order chi connectivity index (χ1) is 9.57. The number of ether oxygens (including phenoxy) is 1. The maximum absolute atomic E-state index is 10.6. The highest BCUT2D eigenvalue weighted by Crippen LogP contribution is 2.32. The Kier molecular flexibility index (Phi) is 3.02. The molecule has 0 amide bonds. The van der Waals surface area contributed by atoms with E-state index in [1.807, 2.05) is 31.2 Å². The molecule has 1 aromatic carbocycles. The van der Waals surface area contributed by atoms with Crippen molar-refractivity contribution in [2.24, 2.45) is 0 Å². The monoisotopic (exact) mass is 273 g/mol. The number of carboxylic acid groups (broad SMARTS) is 1. The van der Waals surface area contributed by atoms with Crippen molar-refractivity contribution in [3.63, 3.8) is 0 Å². The van der Waals surface area contributed by atoms with Crippen LogP contribution in [0, 0.1) is 0 Å². The molecule has 0 radical (unpaired) electrons. The van der Waals surface area contributed by atoms with E-state index in [-0.39, 0.29) is 6.61 Å². The molecule has 0 spiro atoms. The van der Waals surface area contributed by atoms with Crippen molar-refractivity contribution in [1.82, 2.24) is 9.97 Å². The van der Waals surface area contributed by atoms with Gasteiger partial charge in [0.1, 0.15) is 24.4 Å². The molecule has 20 heavy (non-hydrogen) atoms. The van der Waals surface area contributed by atoms with Crippen LogP contribution in [0.4, 0.5) is 5.82 Å². The van der Waals surface area contributed by atoms with Crippen LogP contribution in [-0.4, -0.2) is 46.3 Å². The van der Waals surface area contributed by atoms with Gasteiger partial charge in [-0.25, -0.2) is 14.8 Å². The van der Waals surface area contributed by atoms with Gasteiger partial charge in [-0.15, -0.1) is 0 Å². The maximum atomic E-state index is 10.6. The van der Waals surface area contributed by atoms with E-state index in [1.54, 1.807) is 6.33 Å². The molecule has 0 atom stereocenters. The third-order valence-corrected chi connectivity index (χ3v) is 3.42. The summed E-state index contributed by atoms with van der Waals surface area (Å²) >= 11 is 0. The van der Waals surface area contributed by atoms with Gasteiger partial charge in [0.15, 0.2) is 0 Å². The zero-order valence-electron chi connectivity index (χ0n) is 11.1. The van der Waals surface area contributed by atoms with Crippen molar-refractivity contribution < 1.29 is 14.6 Å². The summed E-state index contributed by atoms with van der Waals surface area (Å²) in [6.45, 7) is 2.90. The van der Waals surface area contributed by atoms with Gasteiger partial charge in [0.05, 0.1) is 18.6 Å². The molecule has 1 aliphatic rings. The molecular weight excluding hydrogens is 258 g/mol. The van der Waals surface area contributed by atoms with E-state index in [9.17, 15) is 4.79 Å². The summed E-state index contributed by atoms with van der Waals surface area (Å²) in [5.74, 6) is -0.0795. The Hall–Kier alpha value is -2.21. The van der Waals surface area contributed by atoms with Crippen molar-refractivity contribution in [3.05, 3.63) is 30.6 Å². The van der Waals surface area contributed by atoms with Crippen molar-refractivity contribution in [3.8, 4) is 0 Å². The Morgan fingerprint density at radius 2 is 2.15 bits per heavy atom. The number of hydrogen-bond donors (Lipinski definition) is 1. The molecule has 2 aromatic rings. The molecule has 0 aliphatic carbocycles. The lowest BCUT2D eigenvalue weighted by atomic mass is 9.96. The Morgan fingerprint density at radius 3 is 2.90 bits per heavy atom. The summed E-state index contributed by atoms with van der Waals surface area (Å²) in [4.78, 5) is 21.2. The minimum atomic E-state index is -0.947. The number of nitrogens with zero attached hydrogens (tertiary/aromatic N) is 3. The number of para-hydroxylation sites is 1. The van der Waals surface area contributed by atoms with Crippen LogP contribution in [0.25, 0.3) is 10.9 Å². The molecule has 1 aliphatic heterocycles. The van der Waals surface area contributed by atoms with E-state index >= 15 is 0 Å². The van der Waals surface area contributed by atoms with Gasteiger partial charge in [-0.2, -0.15) is 0 Å². The standard InChI is InChI=1S/C14H15N3O3/c1-14(20-6-12(18)19)7-17(8-14)13-10-4-2-3-5-11(10)15-9-16-13/h2-5,9H,6-8H2,1H3,(H,18,19). The van der Waals surface area contributed by atoms with Crippen LogP contribution in [0.3, 0.4) is 0 Å². The summed E-state index contributed by atoms with van der Waals surface area (Å²) in [5.41, 5.74) is 0.474. The van der Waals surface area contributed by atoms with Crippen LogP contribution >= 0.6 is 0 Å². The molecule has 1 N–H and O–H groups in total. The van der Waals surface area contributed by atoms with Crippen LogP contribution in [-0.2, 0) is 9.53 Å². The van der Waals surface area contributed by atoms with Gasteiger partial charge < -0.3 is 14.7 Å². The molecule has 1 aromatic heterocycles. The summed E-state index contributed by atoms with van der Waals surface area (Å²) in [5, 5.41) is 9.66. The molecule has 6 heteroatoms. The molecule has 0 saturated carbocycles. The molecule has 0 bridgehead atoms. The minimum Gasteiger partial charge on any atom is -0.480 e. The van der Waals surface area contributed by atoms with Gasteiger partial charge in [-0.05, 0) is 19.1 Å². The SMILES string of the molecule is CC1(OCC(=O)O)CN(c2ncnc3ccccc23)C1. The Balaban J connectivity index is 1.77. The molecule has 2 heterocycles. The zero-order chi connectivity index (χ0) is 14.2. The van der Waals surface area contributed by atoms with Gasteiger partial charge in [0.2, 0.25) is 0 Å². The van der Waals surface area contributed by atoms with Gasteiger partial charge in [-0.3, -0.25) is 0 Å². The highest BCUT2D eigenvalue weighted by molar-refractivity contribution is 5.89. The van der Waals surface area contributed by atoms with E-state index in [1.165, 1.54) is 0 Å². The number of hydrogen-bond acceptors (Lipinski definition) is 5. The fraction of sp³-hybridized carbons (Fsp3) is 0.357.